The molecule has 0 fully saturated rings. The number of methoxy groups -OCH3 is 1. The molecule has 0 atom stereocenters. The molecule has 0 saturated heterocycles. The van der Waals surface area contributed by atoms with Crippen molar-refractivity contribution in [3.63, 3.8) is 0 Å². The van der Waals surface area contributed by atoms with Gasteiger partial charge in [-0.1, -0.05) is 48.0 Å². The van der Waals surface area contributed by atoms with E-state index >= 15 is 0 Å². The summed E-state index contributed by atoms with van der Waals surface area (Å²) in [6, 6.07) is 13.7. The number of phenolic OH excluding ortho intramolecular Hbond substituents is 1. The van der Waals surface area contributed by atoms with E-state index in [1.807, 2.05) is 42.6 Å². The Hall–Kier alpha value is -2.63. The first-order chi connectivity index (χ1) is 13.2. The molecule has 0 spiro atoms. The molecule has 27 heavy (non-hydrogen) atoms. The van der Waals surface area contributed by atoms with Gasteiger partial charge in [0, 0.05) is 43.4 Å². The van der Waals surface area contributed by atoms with Crippen LogP contribution >= 0.6 is 11.6 Å². The number of benzene rings is 2. The maximum Gasteiger partial charge on any atom is 0.177 e. The number of halogens is 1. The van der Waals surface area contributed by atoms with Gasteiger partial charge in [-0.25, -0.2) is 9.97 Å². The second-order valence-corrected chi connectivity index (χ2v) is 6.96. The van der Waals surface area contributed by atoms with Gasteiger partial charge in [0.15, 0.2) is 17.3 Å². The Kier molecular flexibility index (Phi) is 4.97. The van der Waals surface area contributed by atoms with Crippen molar-refractivity contribution in [3.8, 4) is 22.9 Å². The highest BCUT2D eigenvalue weighted by atomic mass is 35.5. The van der Waals surface area contributed by atoms with E-state index in [0.29, 0.717) is 17.3 Å². The third-order valence-electron chi connectivity index (χ3n) is 4.82. The highest BCUT2D eigenvalue weighted by Gasteiger charge is 2.21. The molecule has 1 aliphatic heterocycles. The highest BCUT2D eigenvalue weighted by molar-refractivity contribution is 6.33. The predicted molar refractivity (Wildman–Crippen MR) is 105 cm³/mol. The van der Waals surface area contributed by atoms with Gasteiger partial charge in [-0.15, -0.1) is 0 Å². The number of ether oxygens (including phenoxy) is 1. The molecule has 0 bridgehead atoms. The zero-order chi connectivity index (χ0) is 18.8. The SMILES string of the molecule is COc1ccc(CN2CCc3nc(-c4ccccc4)ncc3C2)c(Cl)c1O. The summed E-state index contributed by atoms with van der Waals surface area (Å²) in [7, 11) is 1.51. The molecule has 0 aliphatic carbocycles. The lowest BCUT2D eigenvalue weighted by Crippen LogP contribution is -2.31. The van der Waals surface area contributed by atoms with Crippen molar-refractivity contribution in [2.75, 3.05) is 13.7 Å². The van der Waals surface area contributed by atoms with E-state index in [-0.39, 0.29) is 5.75 Å². The van der Waals surface area contributed by atoms with Crippen LogP contribution in [0.2, 0.25) is 5.02 Å². The smallest absolute Gasteiger partial charge is 0.177 e. The standard InChI is InChI=1S/C21H20ClN3O2/c1-27-18-8-7-15(19(22)20(18)26)12-25-10-9-17-16(13-25)11-23-21(24-17)14-5-3-2-4-6-14/h2-8,11,26H,9-10,12-13H2,1H3. The monoisotopic (exact) mass is 381 g/mol. The first-order valence-electron chi connectivity index (χ1n) is 8.82. The summed E-state index contributed by atoms with van der Waals surface area (Å²) >= 11 is 6.30. The van der Waals surface area contributed by atoms with Crippen LogP contribution in [-0.4, -0.2) is 33.6 Å². The van der Waals surface area contributed by atoms with Crippen molar-refractivity contribution in [2.45, 2.75) is 19.5 Å². The maximum absolute atomic E-state index is 10.1. The summed E-state index contributed by atoms with van der Waals surface area (Å²) in [5.74, 6) is 1.14. The topological polar surface area (TPSA) is 58.5 Å². The molecule has 138 valence electrons. The third kappa shape index (κ3) is 3.61. The Morgan fingerprint density at radius 3 is 2.78 bits per heavy atom. The summed E-state index contributed by atoms with van der Waals surface area (Å²) < 4.78 is 5.10. The van der Waals surface area contributed by atoms with Gasteiger partial charge < -0.3 is 9.84 Å². The fourth-order valence-electron chi connectivity index (χ4n) is 3.35. The molecule has 1 aliphatic rings. The van der Waals surface area contributed by atoms with Crippen molar-refractivity contribution in [2.24, 2.45) is 0 Å². The lowest BCUT2D eigenvalue weighted by atomic mass is 10.1. The van der Waals surface area contributed by atoms with Gasteiger partial charge in [0.05, 0.1) is 17.8 Å². The van der Waals surface area contributed by atoms with Crippen molar-refractivity contribution >= 4 is 11.6 Å². The summed E-state index contributed by atoms with van der Waals surface area (Å²) in [4.78, 5) is 11.6. The molecule has 0 saturated carbocycles. The minimum atomic E-state index is -0.00934. The average molecular weight is 382 g/mol. The summed E-state index contributed by atoms with van der Waals surface area (Å²) in [6.45, 7) is 2.28. The van der Waals surface area contributed by atoms with Gasteiger partial charge in [0.1, 0.15) is 0 Å². The summed E-state index contributed by atoms with van der Waals surface area (Å²) in [5, 5.41) is 10.5. The number of nitrogens with zero attached hydrogens (tertiary/aromatic N) is 3. The van der Waals surface area contributed by atoms with Gasteiger partial charge in [0.2, 0.25) is 0 Å². The zero-order valence-electron chi connectivity index (χ0n) is 15.0. The molecule has 0 radical (unpaired) electrons. The van der Waals surface area contributed by atoms with Crippen LogP contribution in [0, 0.1) is 0 Å². The Morgan fingerprint density at radius 1 is 1.19 bits per heavy atom. The van der Waals surface area contributed by atoms with E-state index in [9.17, 15) is 5.11 Å². The summed E-state index contributed by atoms with van der Waals surface area (Å²) in [5.41, 5.74) is 4.14. The van der Waals surface area contributed by atoms with Crippen molar-refractivity contribution in [1.29, 1.82) is 0 Å². The lowest BCUT2D eigenvalue weighted by molar-refractivity contribution is 0.242. The van der Waals surface area contributed by atoms with E-state index in [4.69, 9.17) is 21.3 Å². The molecule has 2 aromatic carbocycles. The Bertz CT molecular complexity index is 963. The molecular formula is C21H20ClN3O2. The normalized spacial score (nSPS) is 14.0. The largest absolute Gasteiger partial charge is 0.503 e. The van der Waals surface area contributed by atoms with Gasteiger partial charge in [-0.2, -0.15) is 0 Å². The number of fused-ring (bicyclic) bond motifs is 1. The van der Waals surface area contributed by atoms with Crippen LogP contribution in [0.25, 0.3) is 11.4 Å². The highest BCUT2D eigenvalue weighted by Crippen LogP contribution is 2.37. The number of aromatic nitrogens is 2. The molecular weight excluding hydrogens is 362 g/mol. The fraction of sp³-hybridized carbons (Fsp3) is 0.238. The predicted octanol–water partition coefficient (Wildman–Crippen LogP) is 4.07. The van der Waals surface area contributed by atoms with Crippen LogP contribution in [0.3, 0.4) is 0 Å². The average Bonchev–Trinajstić information content (AvgIpc) is 2.72. The molecule has 6 heteroatoms. The lowest BCUT2D eigenvalue weighted by Gasteiger charge is -2.28. The molecule has 1 aromatic heterocycles. The number of hydrogen-bond acceptors (Lipinski definition) is 5. The second kappa shape index (κ2) is 7.55. The van der Waals surface area contributed by atoms with Gasteiger partial charge >= 0.3 is 0 Å². The van der Waals surface area contributed by atoms with Gasteiger partial charge in [-0.05, 0) is 11.6 Å². The van der Waals surface area contributed by atoms with E-state index in [0.717, 1.165) is 47.7 Å². The second-order valence-electron chi connectivity index (χ2n) is 6.58. The van der Waals surface area contributed by atoms with Gasteiger partial charge in [0.25, 0.3) is 0 Å². The number of rotatable bonds is 4. The zero-order valence-corrected chi connectivity index (χ0v) is 15.8. The Labute approximate surface area is 163 Å². The molecule has 3 aromatic rings. The molecule has 5 nitrogen and oxygen atoms in total. The van der Waals surface area contributed by atoms with E-state index < -0.39 is 0 Å². The number of phenols is 1. The minimum absolute atomic E-state index is 0.00934. The Morgan fingerprint density at radius 2 is 2.00 bits per heavy atom. The van der Waals surface area contributed by atoms with E-state index in [2.05, 4.69) is 9.88 Å². The number of hydrogen-bond donors (Lipinski definition) is 1. The van der Waals surface area contributed by atoms with Crippen LogP contribution < -0.4 is 4.74 Å². The van der Waals surface area contributed by atoms with Gasteiger partial charge in [-0.3, -0.25) is 4.90 Å². The van der Waals surface area contributed by atoms with Crippen LogP contribution in [-0.2, 0) is 19.5 Å². The quantitative estimate of drug-likeness (QED) is 0.738. The number of aromatic hydroxyl groups is 1. The van der Waals surface area contributed by atoms with Crippen LogP contribution in [0.15, 0.2) is 48.7 Å². The van der Waals surface area contributed by atoms with Crippen molar-refractivity contribution in [3.05, 3.63) is 70.5 Å². The van der Waals surface area contributed by atoms with Crippen molar-refractivity contribution < 1.29 is 9.84 Å². The van der Waals surface area contributed by atoms with Crippen LogP contribution in [0.5, 0.6) is 11.5 Å². The van der Waals surface area contributed by atoms with E-state index in [1.54, 1.807) is 6.07 Å². The third-order valence-corrected chi connectivity index (χ3v) is 5.24. The maximum atomic E-state index is 10.1. The first-order valence-corrected chi connectivity index (χ1v) is 9.20. The van der Waals surface area contributed by atoms with Crippen LogP contribution in [0.1, 0.15) is 16.8 Å². The Balaban J connectivity index is 1.52. The summed E-state index contributed by atoms with van der Waals surface area (Å²) in [6.07, 6.45) is 2.78. The fourth-order valence-corrected chi connectivity index (χ4v) is 3.57. The van der Waals surface area contributed by atoms with Crippen molar-refractivity contribution in [1.82, 2.24) is 14.9 Å². The first kappa shape index (κ1) is 17.8. The molecule has 1 N–H and O–H groups in total. The molecule has 4 rings (SSSR count). The molecule has 0 unspecified atom stereocenters. The van der Waals surface area contributed by atoms with E-state index in [1.165, 1.54) is 7.11 Å². The molecule has 2 heterocycles. The minimum Gasteiger partial charge on any atom is -0.503 e. The van der Waals surface area contributed by atoms with Crippen LogP contribution in [0.4, 0.5) is 0 Å². The molecule has 0 amide bonds.